The minimum atomic E-state index is -0.623. The molecule has 0 heterocycles. The van der Waals surface area contributed by atoms with Crippen LogP contribution >= 0.6 is 0 Å². The second kappa shape index (κ2) is 7.34. The smallest absolute Gasteiger partial charge is 0.0766 e. The zero-order chi connectivity index (χ0) is 13.6. The first-order chi connectivity index (χ1) is 7.65. The first-order valence-corrected chi connectivity index (χ1v) is 6.75. The first-order valence-electron chi connectivity index (χ1n) is 6.75. The van der Waals surface area contributed by atoms with Crippen LogP contribution in [-0.4, -0.2) is 48.8 Å². The van der Waals surface area contributed by atoms with E-state index in [4.69, 9.17) is 0 Å². The van der Waals surface area contributed by atoms with E-state index < -0.39 is 5.60 Å². The van der Waals surface area contributed by atoms with Gasteiger partial charge in [0.1, 0.15) is 0 Å². The van der Waals surface area contributed by atoms with E-state index in [1.807, 2.05) is 6.92 Å². The molecule has 2 N–H and O–H groups in total. The van der Waals surface area contributed by atoms with Gasteiger partial charge in [-0.1, -0.05) is 27.7 Å². The number of hydrogen-bond donors (Lipinski definition) is 2. The van der Waals surface area contributed by atoms with E-state index in [1.54, 1.807) is 0 Å². The lowest BCUT2D eigenvalue weighted by molar-refractivity contribution is 0.0105. The van der Waals surface area contributed by atoms with Gasteiger partial charge < -0.3 is 15.3 Å². The highest BCUT2D eigenvalue weighted by molar-refractivity contribution is 4.82. The second-order valence-electron chi connectivity index (χ2n) is 6.48. The molecule has 0 bridgehead atoms. The van der Waals surface area contributed by atoms with Crippen LogP contribution in [0.1, 0.15) is 41.0 Å². The molecule has 3 heteroatoms. The Balaban J connectivity index is 4.24. The molecule has 104 valence electrons. The Bertz CT molecular complexity index is 190. The summed E-state index contributed by atoms with van der Waals surface area (Å²) in [5.41, 5.74) is -0.623. The van der Waals surface area contributed by atoms with Gasteiger partial charge in [0, 0.05) is 19.1 Å². The summed E-state index contributed by atoms with van der Waals surface area (Å²) in [5.74, 6) is 0.950. The van der Waals surface area contributed by atoms with Crippen molar-refractivity contribution in [1.29, 1.82) is 0 Å². The van der Waals surface area contributed by atoms with Crippen molar-refractivity contribution in [3.05, 3.63) is 0 Å². The Morgan fingerprint density at radius 2 is 1.71 bits per heavy atom. The average molecular weight is 244 g/mol. The number of likely N-dealkylation sites (N-methyl/N-ethyl adjacent to an activating group) is 1. The van der Waals surface area contributed by atoms with Gasteiger partial charge >= 0.3 is 0 Å². The molecule has 17 heavy (non-hydrogen) atoms. The predicted octanol–water partition coefficient (Wildman–Crippen LogP) is 1.96. The molecule has 0 aromatic carbocycles. The van der Waals surface area contributed by atoms with Gasteiger partial charge in [-0.3, -0.25) is 0 Å². The molecule has 0 radical (unpaired) electrons. The van der Waals surface area contributed by atoms with Crippen LogP contribution in [0.3, 0.4) is 0 Å². The van der Waals surface area contributed by atoms with E-state index in [2.05, 4.69) is 52.0 Å². The van der Waals surface area contributed by atoms with Gasteiger partial charge in [-0.25, -0.2) is 0 Å². The van der Waals surface area contributed by atoms with Gasteiger partial charge in [0.2, 0.25) is 0 Å². The summed E-state index contributed by atoms with van der Waals surface area (Å²) in [6.45, 7) is 12.2. The van der Waals surface area contributed by atoms with Crippen LogP contribution in [0.15, 0.2) is 0 Å². The highest BCUT2D eigenvalue weighted by atomic mass is 16.3. The largest absolute Gasteiger partial charge is 0.389 e. The highest BCUT2D eigenvalue weighted by Gasteiger charge is 2.25. The Morgan fingerprint density at radius 3 is 2.06 bits per heavy atom. The lowest BCUT2D eigenvalue weighted by atomic mass is 9.92. The number of nitrogens with zero attached hydrogens (tertiary/aromatic N) is 1. The quantitative estimate of drug-likeness (QED) is 0.685. The topological polar surface area (TPSA) is 35.5 Å². The third-order valence-corrected chi connectivity index (χ3v) is 3.33. The SMILES string of the molecule is CC(C)CC(CN(C)C)NCC(C)(O)C(C)C. The number of rotatable bonds is 8. The van der Waals surface area contributed by atoms with Gasteiger partial charge in [0.25, 0.3) is 0 Å². The van der Waals surface area contributed by atoms with E-state index >= 15 is 0 Å². The van der Waals surface area contributed by atoms with E-state index in [0.717, 1.165) is 13.0 Å². The van der Waals surface area contributed by atoms with Crippen LogP contribution in [0.25, 0.3) is 0 Å². The monoisotopic (exact) mass is 244 g/mol. The van der Waals surface area contributed by atoms with Crippen molar-refractivity contribution in [1.82, 2.24) is 10.2 Å². The van der Waals surface area contributed by atoms with Gasteiger partial charge in [0.15, 0.2) is 0 Å². The maximum absolute atomic E-state index is 10.2. The van der Waals surface area contributed by atoms with Crippen molar-refractivity contribution >= 4 is 0 Å². The second-order valence-corrected chi connectivity index (χ2v) is 6.48. The number of nitrogens with one attached hydrogen (secondary N) is 1. The Morgan fingerprint density at radius 1 is 1.18 bits per heavy atom. The molecule has 0 aliphatic carbocycles. The fourth-order valence-corrected chi connectivity index (χ4v) is 1.79. The van der Waals surface area contributed by atoms with Crippen LogP contribution in [0, 0.1) is 11.8 Å². The van der Waals surface area contributed by atoms with E-state index in [1.165, 1.54) is 0 Å². The highest BCUT2D eigenvalue weighted by Crippen LogP contribution is 2.15. The number of aliphatic hydroxyl groups is 1. The molecule has 0 fully saturated rings. The minimum absolute atomic E-state index is 0.272. The molecule has 0 aliphatic heterocycles. The average Bonchev–Trinajstić information content (AvgIpc) is 2.12. The van der Waals surface area contributed by atoms with Gasteiger partial charge in [0.05, 0.1) is 5.60 Å². The predicted molar refractivity (Wildman–Crippen MR) is 75.3 cm³/mol. The summed E-state index contributed by atoms with van der Waals surface area (Å²) in [6, 6.07) is 0.454. The zero-order valence-electron chi connectivity index (χ0n) is 12.7. The molecule has 2 unspecified atom stereocenters. The maximum atomic E-state index is 10.2. The van der Waals surface area contributed by atoms with Crippen LogP contribution in [0.4, 0.5) is 0 Å². The molecule has 0 aromatic heterocycles. The summed E-state index contributed by atoms with van der Waals surface area (Å²) < 4.78 is 0. The van der Waals surface area contributed by atoms with E-state index in [0.29, 0.717) is 18.5 Å². The van der Waals surface area contributed by atoms with Crippen molar-refractivity contribution in [3.8, 4) is 0 Å². The van der Waals surface area contributed by atoms with E-state index in [-0.39, 0.29) is 5.92 Å². The van der Waals surface area contributed by atoms with Crippen molar-refractivity contribution < 1.29 is 5.11 Å². The fourth-order valence-electron chi connectivity index (χ4n) is 1.79. The Hall–Kier alpha value is -0.120. The van der Waals surface area contributed by atoms with Crippen molar-refractivity contribution in [3.63, 3.8) is 0 Å². The third kappa shape index (κ3) is 7.74. The molecule has 0 saturated carbocycles. The fraction of sp³-hybridized carbons (Fsp3) is 1.00. The number of hydrogen-bond acceptors (Lipinski definition) is 3. The van der Waals surface area contributed by atoms with Crippen LogP contribution in [-0.2, 0) is 0 Å². The Kier molecular flexibility index (Phi) is 7.29. The molecule has 0 aliphatic rings. The lowest BCUT2D eigenvalue weighted by Crippen LogP contribution is -2.48. The van der Waals surface area contributed by atoms with Crippen molar-refractivity contribution in [2.75, 3.05) is 27.2 Å². The third-order valence-electron chi connectivity index (χ3n) is 3.33. The molecule has 2 atom stereocenters. The van der Waals surface area contributed by atoms with Crippen LogP contribution in [0.2, 0.25) is 0 Å². The van der Waals surface area contributed by atoms with Crippen molar-refractivity contribution in [2.24, 2.45) is 11.8 Å². The molecular formula is C14H32N2O. The summed E-state index contributed by atoms with van der Waals surface area (Å²) in [7, 11) is 4.19. The standard InChI is InChI=1S/C14H32N2O/c1-11(2)8-13(9-16(6)7)15-10-14(5,17)12(3)4/h11-13,15,17H,8-10H2,1-7H3. The minimum Gasteiger partial charge on any atom is -0.389 e. The summed E-state index contributed by atoms with van der Waals surface area (Å²) in [4.78, 5) is 2.20. The lowest BCUT2D eigenvalue weighted by Gasteiger charge is -2.32. The molecule has 0 rings (SSSR count). The maximum Gasteiger partial charge on any atom is 0.0766 e. The Labute approximate surface area is 108 Å². The first kappa shape index (κ1) is 16.9. The molecule has 0 amide bonds. The normalized spacial score (nSPS) is 17.8. The molecule has 3 nitrogen and oxygen atoms in total. The molecular weight excluding hydrogens is 212 g/mol. The van der Waals surface area contributed by atoms with Gasteiger partial charge in [-0.05, 0) is 39.3 Å². The summed E-state index contributed by atoms with van der Waals surface area (Å²) in [5, 5.41) is 13.7. The van der Waals surface area contributed by atoms with Gasteiger partial charge in [-0.2, -0.15) is 0 Å². The van der Waals surface area contributed by atoms with E-state index in [9.17, 15) is 5.11 Å². The van der Waals surface area contributed by atoms with Crippen LogP contribution in [0.5, 0.6) is 0 Å². The van der Waals surface area contributed by atoms with Crippen LogP contribution < -0.4 is 5.32 Å². The van der Waals surface area contributed by atoms with Gasteiger partial charge in [-0.15, -0.1) is 0 Å². The zero-order valence-corrected chi connectivity index (χ0v) is 12.7. The molecule has 0 spiro atoms. The summed E-state index contributed by atoms with van der Waals surface area (Å²) in [6.07, 6.45) is 1.15. The summed E-state index contributed by atoms with van der Waals surface area (Å²) >= 11 is 0. The molecule has 0 aromatic rings. The molecule has 0 saturated heterocycles. The van der Waals surface area contributed by atoms with Crippen molar-refractivity contribution in [2.45, 2.75) is 52.7 Å².